The van der Waals surface area contributed by atoms with Crippen molar-refractivity contribution in [1.82, 2.24) is 5.32 Å². The Morgan fingerprint density at radius 2 is 2.00 bits per heavy atom. The van der Waals surface area contributed by atoms with Crippen LogP contribution < -0.4 is 11.1 Å². The molecule has 1 heterocycles. The standard InChI is InChI=1S/C13H24N2O2/c14-8-10-3-5-11(6-4-10)13(16)15-9-12-2-1-7-17-12/h10-12H,1-9,14H2,(H,15,16). The number of hydrogen-bond donors (Lipinski definition) is 2. The SMILES string of the molecule is NCC1CCC(C(=O)NCC2CCCO2)CC1. The van der Waals surface area contributed by atoms with Gasteiger partial charge in [0, 0.05) is 19.1 Å². The summed E-state index contributed by atoms with van der Waals surface area (Å²) in [5.41, 5.74) is 5.65. The predicted octanol–water partition coefficient (Wildman–Crippen LogP) is 1.05. The van der Waals surface area contributed by atoms with E-state index < -0.39 is 0 Å². The number of amides is 1. The van der Waals surface area contributed by atoms with E-state index in [0.29, 0.717) is 12.5 Å². The molecule has 98 valence electrons. The number of carbonyl (C=O) groups excluding carboxylic acids is 1. The van der Waals surface area contributed by atoms with Crippen LogP contribution in [0.2, 0.25) is 0 Å². The van der Waals surface area contributed by atoms with E-state index in [9.17, 15) is 4.79 Å². The lowest BCUT2D eigenvalue weighted by Crippen LogP contribution is -2.38. The summed E-state index contributed by atoms with van der Waals surface area (Å²) in [5, 5.41) is 3.03. The van der Waals surface area contributed by atoms with Crippen LogP contribution in [0.1, 0.15) is 38.5 Å². The molecule has 1 saturated heterocycles. The molecule has 2 rings (SSSR count). The van der Waals surface area contributed by atoms with E-state index in [1.807, 2.05) is 0 Å². The Bertz CT molecular complexity index is 244. The van der Waals surface area contributed by atoms with Gasteiger partial charge in [0.25, 0.3) is 0 Å². The van der Waals surface area contributed by atoms with Crippen molar-refractivity contribution in [3.63, 3.8) is 0 Å². The number of carbonyl (C=O) groups is 1. The fourth-order valence-electron chi connectivity index (χ4n) is 2.82. The molecule has 0 aromatic carbocycles. The highest BCUT2D eigenvalue weighted by Gasteiger charge is 2.26. The average molecular weight is 240 g/mol. The topological polar surface area (TPSA) is 64.4 Å². The van der Waals surface area contributed by atoms with Gasteiger partial charge in [-0.05, 0) is 51.0 Å². The fraction of sp³-hybridized carbons (Fsp3) is 0.923. The second kappa shape index (κ2) is 6.36. The molecule has 0 aromatic rings. The van der Waals surface area contributed by atoms with Crippen molar-refractivity contribution in [3.05, 3.63) is 0 Å². The van der Waals surface area contributed by atoms with E-state index in [0.717, 1.165) is 51.7 Å². The van der Waals surface area contributed by atoms with Crippen LogP contribution in [0.4, 0.5) is 0 Å². The Kier molecular flexibility index (Phi) is 4.80. The van der Waals surface area contributed by atoms with Crippen LogP contribution in [-0.4, -0.2) is 31.7 Å². The summed E-state index contributed by atoms with van der Waals surface area (Å²) in [6.45, 7) is 2.31. The molecule has 3 N–H and O–H groups in total. The molecule has 1 unspecified atom stereocenters. The number of rotatable bonds is 4. The molecule has 0 bridgehead atoms. The highest BCUT2D eigenvalue weighted by atomic mass is 16.5. The van der Waals surface area contributed by atoms with Crippen molar-refractivity contribution in [3.8, 4) is 0 Å². The van der Waals surface area contributed by atoms with Crippen LogP contribution in [0.5, 0.6) is 0 Å². The van der Waals surface area contributed by atoms with Gasteiger partial charge in [-0.25, -0.2) is 0 Å². The lowest BCUT2D eigenvalue weighted by Gasteiger charge is -2.27. The van der Waals surface area contributed by atoms with E-state index in [4.69, 9.17) is 10.5 Å². The van der Waals surface area contributed by atoms with Crippen LogP contribution in [0.25, 0.3) is 0 Å². The summed E-state index contributed by atoms with van der Waals surface area (Å²) >= 11 is 0. The van der Waals surface area contributed by atoms with E-state index in [1.54, 1.807) is 0 Å². The summed E-state index contributed by atoms with van der Waals surface area (Å²) in [5.74, 6) is 1.06. The third-order valence-electron chi connectivity index (χ3n) is 4.08. The van der Waals surface area contributed by atoms with Gasteiger partial charge in [0.05, 0.1) is 6.10 Å². The molecule has 4 heteroatoms. The Labute approximate surface area is 103 Å². The lowest BCUT2D eigenvalue weighted by molar-refractivity contribution is -0.126. The molecule has 1 aliphatic heterocycles. The molecule has 1 amide bonds. The van der Waals surface area contributed by atoms with Crippen LogP contribution in [0.3, 0.4) is 0 Å². The van der Waals surface area contributed by atoms with Crippen molar-refractivity contribution < 1.29 is 9.53 Å². The summed E-state index contributed by atoms with van der Waals surface area (Å²) < 4.78 is 5.49. The third kappa shape index (κ3) is 3.68. The molecule has 0 radical (unpaired) electrons. The quantitative estimate of drug-likeness (QED) is 0.772. The Hall–Kier alpha value is -0.610. The first-order valence-corrected chi connectivity index (χ1v) is 6.89. The van der Waals surface area contributed by atoms with Gasteiger partial charge in [0.1, 0.15) is 0 Å². The highest BCUT2D eigenvalue weighted by molar-refractivity contribution is 5.78. The van der Waals surface area contributed by atoms with Crippen molar-refractivity contribution in [2.24, 2.45) is 17.6 Å². The van der Waals surface area contributed by atoms with Gasteiger partial charge in [0.2, 0.25) is 5.91 Å². The Morgan fingerprint density at radius 1 is 1.24 bits per heavy atom. The van der Waals surface area contributed by atoms with Gasteiger partial charge in [-0.15, -0.1) is 0 Å². The van der Waals surface area contributed by atoms with Gasteiger partial charge < -0.3 is 15.8 Å². The van der Waals surface area contributed by atoms with Crippen LogP contribution >= 0.6 is 0 Å². The minimum Gasteiger partial charge on any atom is -0.376 e. The van der Waals surface area contributed by atoms with Gasteiger partial charge in [-0.1, -0.05) is 0 Å². The van der Waals surface area contributed by atoms with Gasteiger partial charge in [-0.3, -0.25) is 4.79 Å². The molecule has 4 nitrogen and oxygen atoms in total. The number of ether oxygens (including phenoxy) is 1. The second-order valence-electron chi connectivity index (χ2n) is 5.33. The third-order valence-corrected chi connectivity index (χ3v) is 4.08. The molecule has 0 aromatic heterocycles. The van der Waals surface area contributed by atoms with Crippen molar-refractivity contribution in [2.45, 2.75) is 44.6 Å². The smallest absolute Gasteiger partial charge is 0.223 e. The first-order chi connectivity index (χ1) is 8.29. The lowest BCUT2D eigenvalue weighted by atomic mass is 9.81. The van der Waals surface area contributed by atoms with E-state index in [1.165, 1.54) is 0 Å². The average Bonchev–Trinajstić information content (AvgIpc) is 2.89. The maximum atomic E-state index is 12.0. The maximum absolute atomic E-state index is 12.0. The molecule has 1 saturated carbocycles. The molecular formula is C13H24N2O2. The highest BCUT2D eigenvalue weighted by Crippen LogP contribution is 2.28. The molecule has 2 fully saturated rings. The maximum Gasteiger partial charge on any atom is 0.223 e. The van der Waals surface area contributed by atoms with E-state index in [2.05, 4.69) is 5.32 Å². The largest absolute Gasteiger partial charge is 0.376 e. The molecule has 2 aliphatic rings. The Balaban J connectivity index is 1.66. The number of nitrogens with two attached hydrogens (primary N) is 1. The van der Waals surface area contributed by atoms with Crippen LogP contribution in [0, 0.1) is 11.8 Å². The summed E-state index contributed by atoms with van der Waals surface area (Å²) in [6, 6.07) is 0. The molecule has 1 atom stereocenters. The van der Waals surface area contributed by atoms with Crippen molar-refractivity contribution >= 4 is 5.91 Å². The molecule has 0 spiro atoms. The van der Waals surface area contributed by atoms with Crippen molar-refractivity contribution in [1.29, 1.82) is 0 Å². The molecule has 17 heavy (non-hydrogen) atoms. The number of nitrogens with one attached hydrogen (secondary N) is 1. The van der Waals surface area contributed by atoms with Crippen LogP contribution in [0.15, 0.2) is 0 Å². The van der Waals surface area contributed by atoms with E-state index >= 15 is 0 Å². The zero-order valence-electron chi connectivity index (χ0n) is 10.5. The van der Waals surface area contributed by atoms with Crippen LogP contribution in [-0.2, 0) is 9.53 Å². The number of hydrogen-bond acceptors (Lipinski definition) is 3. The van der Waals surface area contributed by atoms with Gasteiger partial charge in [-0.2, -0.15) is 0 Å². The first kappa shape index (κ1) is 12.8. The fourth-order valence-corrected chi connectivity index (χ4v) is 2.82. The van der Waals surface area contributed by atoms with E-state index in [-0.39, 0.29) is 17.9 Å². The predicted molar refractivity (Wildman–Crippen MR) is 66.5 cm³/mol. The van der Waals surface area contributed by atoms with Gasteiger partial charge >= 0.3 is 0 Å². The first-order valence-electron chi connectivity index (χ1n) is 6.89. The summed E-state index contributed by atoms with van der Waals surface area (Å²) in [6.07, 6.45) is 6.67. The molecular weight excluding hydrogens is 216 g/mol. The normalized spacial score (nSPS) is 33.6. The monoisotopic (exact) mass is 240 g/mol. The Morgan fingerprint density at radius 3 is 2.59 bits per heavy atom. The second-order valence-corrected chi connectivity index (χ2v) is 5.33. The minimum atomic E-state index is 0.208. The van der Waals surface area contributed by atoms with Gasteiger partial charge in [0.15, 0.2) is 0 Å². The zero-order valence-corrected chi connectivity index (χ0v) is 10.5. The molecule has 1 aliphatic carbocycles. The van der Waals surface area contributed by atoms with Crippen molar-refractivity contribution in [2.75, 3.05) is 19.7 Å². The summed E-state index contributed by atoms with van der Waals surface area (Å²) in [4.78, 5) is 12.0. The minimum absolute atomic E-state index is 0.208. The summed E-state index contributed by atoms with van der Waals surface area (Å²) in [7, 11) is 0. The zero-order chi connectivity index (χ0) is 12.1.